The zero-order valence-corrected chi connectivity index (χ0v) is 12.5. The predicted molar refractivity (Wildman–Crippen MR) is 88.1 cm³/mol. The van der Waals surface area contributed by atoms with Crippen molar-refractivity contribution in [3.05, 3.63) is 74.5 Å². The van der Waals surface area contributed by atoms with Crippen molar-refractivity contribution in [3.63, 3.8) is 0 Å². The lowest BCUT2D eigenvalue weighted by molar-refractivity contribution is 0.252. The van der Waals surface area contributed by atoms with Crippen LogP contribution in [0, 0.1) is 0 Å². The van der Waals surface area contributed by atoms with Gasteiger partial charge < -0.3 is 0 Å². The largest absolute Gasteiger partial charge is 0.340 e. The van der Waals surface area contributed by atoms with Gasteiger partial charge in [-0.25, -0.2) is 15.2 Å². The van der Waals surface area contributed by atoms with E-state index in [2.05, 4.69) is 20.8 Å². The van der Waals surface area contributed by atoms with E-state index in [1.807, 2.05) is 0 Å². The molecule has 0 atom stereocenters. The summed E-state index contributed by atoms with van der Waals surface area (Å²) in [5, 5.41) is 6.32. The quantitative estimate of drug-likeness (QED) is 0.681. The average Bonchev–Trinajstić information content (AvgIpc) is 2.78. The minimum absolute atomic E-state index is 0. The van der Waals surface area contributed by atoms with Crippen LogP contribution in [0.3, 0.4) is 0 Å². The highest BCUT2D eigenvalue weighted by molar-refractivity contribution is 5.88. The summed E-state index contributed by atoms with van der Waals surface area (Å²) in [6.45, 7) is 0. The number of rotatable bonds is 2. The summed E-state index contributed by atoms with van der Waals surface area (Å²) in [5.41, 5.74) is 1.12. The van der Waals surface area contributed by atoms with Crippen molar-refractivity contribution in [2.45, 2.75) is 0 Å². The van der Waals surface area contributed by atoms with E-state index in [1.54, 1.807) is 42.5 Å². The van der Waals surface area contributed by atoms with Crippen LogP contribution in [0.2, 0.25) is 0 Å². The molecule has 1 heterocycles. The van der Waals surface area contributed by atoms with E-state index < -0.39 is 16.9 Å². The summed E-state index contributed by atoms with van der Waals surface area (Å²) in [7, 11) is 0. The maximum absolute atomic E-state index is 12.0. The Morgan fingerprint density at radius 1 is 0.957 bits per heavy atom. The van der Waals surface area contributed by atoms with Gasteiger partial charge in [0.05, 0.1) is 0 Å². The zero-order valence-electron chi connectivity index (χ0n) is 11.6. The van der Waals surface area contributed by atoms with Crippen LogP contribution in [0.15, 0.2) is 63.4 Å². The van der Waals surface area contributed by atoms with Gasteiger partial charge in [0.1, 0.15) is 5.82 Å². The molecule has 0 spiro atoms. The van der Waals surface area contributed by atoms with Gasteiger partial charge in [-0.15, -0.1) is 12.4 Å². The van der Waals surface area contributed by atoms with E-state index in [1.165, 1.54) is 6.20 Å². The standard InChI is InChI=1S/C15H10N4O3.ClH/c20-13-9-5-1-2-6-10(9)14(21)12(13)18-19-15(22)17-11-7-3-4-8-16-11;/h1-8H,(H2,16,17,19,22);1H. The van der Waals surface area contributed by atoms with Gasteiger partial charge in [0.25, 0.3) is 0 Å². The predicted octanol–water partition coefficient (Wildman–Crippen LogP) is 0.890. The van der Waals surface area contributed by atoms with Crippen LogP contribution in [0.25, 0.3) is 10.8 Å². The number of carbonyl (C=O) groups is 1. The normalized spacial score (nSPS) is 9.91. The Morgan fingerprint density at radius 2 is 1.57 bits per heavy atom. The highest BCUT2D eigenvalue weighted by Crippen LogP contribution is 2.01. The fraction of sp³-hybridized carbons (Fsp3) is 0. The van der Waals surface area contributed by atoms with Crippen molar-refractivity contribution >= 4 is 35.0 Å². The molecule has 0 bridgehead atoms. The first-order valence-corrected chi connectivity index (χ1v) is 6.41. The highest BCUT2D eigenvalue weighted by atomic mass is 35.5. The van der Waals surface area contributed by atoms with Gasteiger partial charge in [-0.05, 0) is 12.1 Å². The second-order valence-electron chi connectivity index (χ2n) is 4.45. The molecule has 1 aromatic heterocycles. The van der Waals surface area contributed by atoms with E-state index in [4.69, 9.17) is 0 Å². The second kappa shape index (κ2) is 6.80. The molecule has 7 nitrogen and oxygen atoms in total. The topological polar surface area (TPSA) is 101 Å². The van der Waals surface area contributed by atoms with Crippen LogP contribution >= 0.6 is 12.4 Å². The number of carbonyl (C=O) groups excluding carboxylic acids is 1. The van der Waals surface area contributed by atoms with Gasteiger partial charge in [-0.3, -0.25) is 14.9 Å². The van der Waals surface area contributed by atoms with Gasteiger partial charge in [0.15, 0.2) is 5.36 Å². The Bertz CT molecular complexity index is 945. The number of benzene rings is 1. The lowest BCUT2D eigenvalue weighted by Crippen LogP contribution is -2.36. The summed E-state index contributed by atoms with van der Waals surface area (Å²) in [6.07, 6.45) is 1.52. The van der Waals surface area contributed by atoms with Crippen LogP contribution < -0.4 is 27.0 Å². The summed E-state index contributed by atoms with van der Waals surface area (Å²) in [5.74, 6) is 0.326. The monoisotopic (exact) mass is 330 g/mol. The maximum Gasteiger partial charge on any atom is 0.340 e. The molecule has 8 heteroatoms. The number of pyridine rings is 1. The number of anilines is 1. The molecule has 116 valence electrons. The average molecular weight is 331 g/mol. The van der Waals surface area contributed by atoms with Gasteiger partial charge >= 0.3 is 6.03 Å². The number of aromatic nitrogens is 1. The van der Waals surface area contributed by atoms with Crippen molar-refractivity contribution in [1.29, 1.82) is 0 Å². The molecule has 2 aromatic carbocycles. The zero-order chi connectivity index (χ0) is 15.5. The van der Waals surface area contributed by atoms with Gasteiger partial charge in [0, 0.05) is 17.0 Å². The van der Waals surface area contributed by atoms with Crippen molar-refractivity contribution in [1.82, 2.24) is 10.4 Å². The number of urea groups is 1. The van der Waals surface area contributed by atoms with Crippen LogP contribution in [-0.2, 0) is 0 Å². The fourth-order valence-corrected chi connectivity index (χ4v) is 2.03. The van der Waals surface area contributed by atoms with Crippen molar-refractivity contribution < 1.29 is 4.79 Å². The molecule has 23 heavy (non-hydrogen) atoms. The van der Waals surface area contributed by atoms with E-state index in [9.17, 15) is 14.4 Å². The molecule has 0 saturated heterocycles. The summed E-state index contributed by atoms with van der Waals surface area (Å²) in [6, 6.07) is 10.7. The van der Waals surface area contributed by atoms with Crippen molar-refractivity contribution in [3.8, 4) is 0 Å². The molecule has 0 saturated carbocycles. The Labute approximate surface area is 135 Å². The number of hydrogen-bond donors (Lipinski definition) is 2. The smallest absolute Gasteiger partial charge is 0.291 e. The number of hydrogen-bond acceptors (Lipinski definition) is 5. The first-order chi connectivity index (χ1) is 10.7. The lowest BCUT2D eigenvalue weighted by atomic mass is 10.2. The molecule has 2 amide bonds. The maximum atomic E-state index is 12.0. The van der Waals surface area contributed by atoms with Gasteiger partial charge in [0.2, 0.25) is 10.9 Å². The molecule has 0 unspecified atom stereocenters. The minimum atomic E-state index is -0.692. The fourth-order valence-electron chi connectivity index (χ4n) is 2.03. The van der Waals surface area contributed by atoms with E-state index >= 15 is 0 Å². The summed E-state index contributed by atoms with van der Waals surface area (Å²) in [4.78, 5) is 39.7. The van der Waals surface area contributed by atoms with Gasteiger partial charge in [-0.1, -0.05) is 30.3 Å². The molecule has 3 aromatic rings. The van der Waals surface area contributed by atoms with Crippen molar-refractivity contribution in [2.75, 3.05) is 5.32 Å². The van der Waals surface area contributed by atoms with Crippen LogP contribution in [0.4, 0.5) is 10.6 Å². The summed E-state index contributed by atoms with van der Waals surface area (Å²) < 4.78 is 0. The highest BCUT2D eigenvalue weighted by Gasteiger charge is 2.10. The second-order valence-corrected chi connectivity index (χ2v) is 4.45. The third kappa shape index (κ3) is 3.24. The third-order valence-electron chi connectivity index (χ3n) is 3.02. The Hall–Kier alpha value is -3.06. The number of halogens is 1. The van der Waals surface area contributed by atoms with E-state index in [0.717, 1.165) is 0 Å². The molecule has 0 aliphatic rings. The number of nitrogens with zero attached hydrogens (tertiary/aromatic N) is 2. The van der Waals surface area contributed by atoms with Crippen LogP contribution in [-0.4, -0.2) is 11.0 Å². The molecular weight excluding hydrogens is 320 g/mol. The first kappa shape index (κ1) is 16.3. The number of fused-ring (bicyclic) bond motifs is 1. The third-order valence-corrected chi connectivity index (χ3v) is 3.02. The molecular formula is C15H11ClN4O3. The Morgan fingerprint density at radius 3 is 2.13 bits per heavy atom. The Kier molecular flexibility index (Phi) is 4.82. The minimum Gasteiger partial charge on any atom is -0.291 e. The van der Waals surface area contributed by atoms with E-state index in [-0.39, 0.29) is 28.5 Å². The molecule has 3 rings (SSSR count). The van der Waals surface area contributed by atoms with Crippen LogP contribution in [0.1, 0.15) is 0 Å². The molecule has 0 aliphatic carbocycles. The summed E-state index contributed by atoms with van der Waals surface area (Å²) >= 11 is 0. The number of nitrogens with one attached hydrogen (secondary N) is 2. The molecule has 0 fully saturated rings. The lowest BCUT2D eigenvalue weighted by Gasteiger charge is -2.01. The first-order valence-electron chi connectivity index (χ1n) is 6.41. The number of amides is 2. The Balaban J connectivity index is 0.00000192. The van der Waals surface area contributed by atoms with Crippen molar-refractivity contribution in [2.24, 2.45) is 5.10 Å². The molecule has 0 radical (unpaired) electrons. The van der Waals surface area contributed by atoms with Crippen LogP contribution in [0.5, 0.6) is 0 Å². The molecule has 0 aliphatic heterocycles. The SMILES string of the molecule is Cl.O=C(NN=c1c(=O)c2ccccc2c1=O)Nc1ccccn1. The van der Waals surface area contributed by atoms with Gasteiger partial charge in [-0.2, -0.15) is 5.10 Å². The molecule has 2 N–H and O–H groups in total. The van der Waals surface area contributed by atoms with E-state index in [0.29, 0.717) is 5.82 Å².